The van der Waals surface area contributed by atoms with Crippen LogP contribution >= 0.6 is 0 Å². The van der Waals surface area contributed by atoms with E-state index in [1.54, 1.807) is 6.92 Å². The molecule has 0 spiro atoms. The van der Waals surface area contributed by atoms with E-state index in [0.717, 1.165) is 0 Å². The number of nitrogens with one attached hydrogen (secondary N) is 1. The van der Waals surface area contributed by atoms with Gasteiger partial charge in [-0.05, 0) is 13.3 Å². The van der Waals surface area contributed by atoms with Crippen molar-refractivity contribution in [2.45, 2.75) is 60.0 Å². The van der Waals surface area contributed by atoms with Gasteiger partial charge in [-0.15, -0.1) is 0 Å². The Morgan fingerprint density at radius 3 is 1.81 bits per heavy atom. The van der Waals surface area contributed by atoms with Gasteiger partial charge in [0, 0.05) is 17.7 Å². The van der Waals surface area contributed by atoms with E-state index in [0.29, 0.717) is 30.7 Å². The van der Waals surface area contributed by atoms with Crippen LogP contribution in [0.25, 0.3) is 0 Å². The van der Waals surface area contributed by atoms with Crippen LogP contribution in [-0.4, -0.2) is 24.7 Å². The van der Waals surface area contributed by atoms with Gasteiger partial charge in [0.15, 0.2) is 0 Å². The summed E-state index contributed by atoms with van der Waals surface area (Å²) in [7, 11) is 0. The molecule has 0 aliphatic carbocycles. The third kappa shape index (κ3) is 13.2. The van der Waals surface area contributed by atoms with Crippen molar-refractivity contribution in [1.82, 2.24) is 5.32 Å². The lowest BCUT2D eigenvalue weighted by atomic mass is 10.2. The maximum absolute atomic E-state index is 10.7. The van der Waals surface area contributed by atoms with Gasteiger partial charge >= 0.3 is 5.97 Å². The van der Waals surface area contributed by atoms with Gasteiger partial charge in [-0.2, -0.15) is 0 Å². The summed E-state index contributed by atoms with van der Waals surface area (Å²) >= 11 is 0. The van der Waals surface area contributed by atoms with Crippen molar-refractivity contribution in [2.75, 3.05) is 6.61 Å². The highest BCUT2D eigenvalue weighted by molar-refractivity contribution is 5.87. The second-order valence-electron chi connectivity index (χ2n) is 4.15. The molecule has 1 N–H and O–H groups in total. The zero-order chi connectivity index (χ0) is 13.1. The maximum Gasteiger partial charge on any atom is 0.333 e. The third-order valence-electron chi connectivity index (χ3n) is 1.66. The standard InChI is InChI=1S/C7H12O2.C6H15N/c1-4-6(3)7(8)9-5-2;1-5(2)7-6(3)4/h3-5H2,1-2H3;5-7H,1-4H3. The summed E-state index contributed by atoms with van der Waals surface area (Å²) in [6.45, 7) is 16.2. The molecule has 3 nitrogen and oxygen atoms in total. The van der Waals surface area contributed by atoms with E-state index in [1.165, 1.54) is 0 Å². The van der Waals surface area contributed by atoms with Crippen LogP contribution < -0.4 is 5.32 Å². The average Bonchev–Trinajstić information content (AvgIpc) is 2.15. The van der Waals surface area contributed by atoms with Crippen LogP contribution in [0.4, 0.5) is 0 Å². The lowest BCUT2D eigenvalue weighted by molar-refractivity contribution is -0.138. The van der Waals surface area contributed by atoms with Gasteiger partial charge in [-0.3, -0.25) is 0 Å². The number of rotatable bonds is 5. The normalized spacial score (nSPS) is 9.75. The van der Waals surface area contributed by atoms with Crippen LogP contribution in [0, 0.1) is 0 Å². The second kappa shape index (κ2) is 10.7. The molecule has 0 amide bonds. The Bertz CT molecular complexity index is 192. The first-order valence-corrected chi connectivity index (χ1v) is 5.95. The molecule has 0 aliphatic heterocycles. The number of carbonyl (C=O) groups excluding carboxylic acids is 1. The van der Waals surface area contributed by atoms with Gasteiger partial charge in [-0.1, -0.05) is 41.2 Å². The van der Waals surface area contributed by atoms with Gasteiger partial charge in [0.2, 0.25) is 0 Å². The molecule has 0 bridgehead atoms. The smallest absolute Gasteiger partial charge is 0.333 e. The number of esters is 1. The van der Waals surface area contributed by atoms with Crippen LogP contribution in [0.1, 0.15) is 48.0 Å². The Balaban J connectivity index is 0. The molecule has 0 rings (SSSR count). The third-order valence-corrected chi connectivity index (χ3v) is 1.66. The minimum absolute atomic E-state index is 0.278. The molecule has 3 heteroatoms. The first kappa shape index (κ1) is 17.6. The van der Waals surface area contributed by atoms with Gasteiger partial charge < -0.3 is 10.1 Å². The molecule has 0 fully saturated rings. The van der Waals surface area contributed by atoms with Crippen LogP contribution in [-0.2, 0) is 9.53 Å². The monoisotopic (exact) mass is 229 g/mol. The predicted molar refractivity (Wildman–Crippen MR) is 69.5 cm³/mol. The summed E-state index contributed by atoms with van der Waals surface area (Å²) in [6.07, 6.45) is 0.666. The molecule has 0 aromatic carbocycles. The van der Waals surface area contributed by atoms with E-state index in [9.17, 15) is 4.79 Å². The molecule has 0 aromatic heterocycles. The first-order valence-electron chi connectivity index (χ1n) is 5.95. The molecule has 0 aromatic rings. The number of hydrogen-bond donors (Lipinski definition) is 1. The van der Waals surface area contributed by atoms with Crippen molar-refractivity contribution in [3.63, 3.8) is 0 Å². The molecule has 96 valence electrons. The van der Waals surface area contributed by atoms with Crippen molar-refractivity contribution in [3.05, 3.63) is 12.2 Å². The highest BCUT2D eigenvalue weighted by Gasteiger charge is 2.02. The van der Waals surface area contributed by atoms with E-state index in [1.807, 2.05) is 6.92 Å². The zero-order valence-corrected chi connectivity index (χ0v) is 11.6. The lowest BCUT2D eigenvalue weighted by Crippen LogP contribution is -2.29. The van der Waals surface area contributed by atoms with Crippen LogP contribution in [0.2, 0.25) is 0 Å². The van der Waals surface area contributed by atoms with Crippen LogP contribution in [0.5, 0.6) is 0 Å². The van der Waals surface area contributed by atoms with E-state index >= 15 is 0 Å². The SMILES string of the molecule is C=C(CC)C(=O)OCC.CC(C)NC(C)C. The average molecular weight is 229 g/mol. The molecular weight excluding hydrogens is 202 g/mol. The Morgan fingerprint density at radius 1 is 1.19 bits per heavy atom. The van der Waals surface area contributed by atoms with Gasteiger partial charge in [-0.25, -0.2) is 4.79 Å². The molecule has 0 saturated heterocycles. The number of ether oxygens (including phenoxy) is 1. The van der Waals surface area contributed by atoms with Gasteiger partial charge in [0.1, 0.15) is 0 Å². The fraction of sp³-hybridized carbons (Fsp3) is 0.769. The summed E-state index contributed by atoms with van der Waals surface area (Å²) in [5.74, 6) is -0.278. The van der Waals surface area contributed by atoms with Gasteiger partial charge in [0.05, 0.1) is 6.61 Å². The zero-order valence-electron chi connectivity index (χ0n) is 11.6. The summed E-state index contributed by atoms with van der Waals surface area (Å²) in [4.78, 5) is 10.7. The fourth-order valence-corrected chi connectivity index (χ4v) is 1.04. The second-order valence-corrected chi connectivity index (χ2v) is 4.15. The topological polar surface area (TPSA) is 38.3 Å². The molecule has 0 unspecified atom stereocenters. The maximum atomic E-state index is 10.7. The predicted octanol–water partition coefficient (Wildman–Crippen LogP) is 2.91. The highest BCUT2D eigenvalue weighted by atomic mass is 16.5. The Hall–Kier alpha value is -0.830. The summed E-state index contributed by atoms with van der Waals surface area (Å²) in [5, 5.41) is 3.31. The van der Waals surface area contributed by atoms with Crippen molar-refractivity contribution in [2.24, 2.45) is 0 Å². The van der Waals surface area contributed by atoms with Crippen LogP contribution in [0.3, 0.4) is 0 Å². The van der Waals surface area contributed by atoms with E-state index < -0.39 is 0 Å². The van der Waals surface area contributed by atoms with E-state index in [4.69, 9.17) is 0 Å². The van der Waals surface area contributed by atoms with Crippen molar-refractivity contribution in [3.8, 4) is 0 Å². The van der Waals surface area contributed by atoms with Gasteiger partial charge in [0.25, 0.3) is 0 Å². The lowest BCUT2D eigenvalue weighted by Gasteiger charge is -2.10. The molecular formula is C13H27NO2. The molecule has 0 atom stereocenters. The molecule has 0 saturated carbocycles. The Labute approximate surface area is 100 Å². The molecule has 0 aliphatic rings. The minimum atomic E-state index is -0.278. The van der Waals surface area contributed by atoms with E-state index in [2.05, 4.69) is 44.3 Å². The van der Waals surface area contributed by atoms with Crippen molar-refractivity contribution in [1.29, 1.82) is 0 Å². The Morgan fingerprint density at radius 2 is 1.62 bits per heavy atom. The minimum Gasteiger partial charge on any atom is -0.463 e. The molecule has 0 radical (unpaired) electrons. The van der Waals surface area contributed by atoms with Crippen molar-refractivity contribution < 1.29 is 9.53 Å². The van der Waals surface area contributed by atoms with E-state index in [-0.39, 0.29) is 5.97 Å². The van der Waals surface area contributed by atoms with Crippen LogP contribution in [0.15, 0.2) is 12.2 Å². The first-order chi connectivity index (χ1) is 7.34. The summed E-state index contributed by atoms with van der Waals surface area (Å²) in [6, 6.07) is 1.25. The number of carbonyl (C=O) groups is 1. The molecule has 16 heavy (non-hydrogen) atoms. The number of hydrogen-bond acceptors (Lipinski definition) is 3. The summed E-state index contributed by atoms with van der Waals surface area (Å²) in [5.41, 5.74) is 0.539. The largest absolute Gasteiger partial charge is 0.463 e. The van der Waals surface area contributed by atoms with Crippen molar-refractivity contribution >= 4 is 5.97 Å². The quantitative estimate of drug-likeness (QED) is 0.582. The highest BCUT2D eigenvalue weighted by Crippen LogP contribution is 1.98. The summed E-state index contributed by atoms with van der Waals surface area (Å²) < 4.78 is 4.66. The Kier molecular flexibility index (Phi) is 11.7. The fourth-order valence-electron chi connectivity index (χ4n) is 1.04. The molecule has 0 heterocycles.